The summed E-state index contributed by atoms with van der Waals surface area (Å²) in [5.41, 5.74) is 1.77. The van der Waals surface area contributed by atoms with Crippen LogP contribution in [-0.4, -0.2) is 16.7 Å². The molecule has 1 aromatic carbocycles. The molecule has 2 atom stereocenters. The van der Waals surface area contributed by atoms with Crippen molar-refractivity contribution in [3.8, 4) is 0 Å². The number of hydrogen-bond acceptors (Lipinski definition) is 2. The van der Waals surface area contributed by atoms with Crippen molar-refractivity contribution in [3.63, 3.8) is 0 Å². The molecule has 82 valence electrons. The molecule has 2 rings (SSSR count). The van der Waals surface area contributed by atoms with Gasteiger partial charge in [-0.2, -0.15) is 0 Å². The Morgan fingerprint density at radius 3 is 2.73 bits per heavy atom. The molecule has 0 aliphatic heterocycles. The smallest absolute Gasteiger partial charge is 0.0820 e. The zero-order chi connectivity index (χ0) is 11.1. The molecule has 0 unspecified atom stereocenters. The summed E-state index contributed by atoms with van der Waals surface area (Å²) in [5, 5.41) is 13.3. The lowest BCUT2D eigenvalue weighted by molar-refractivity contribution is -0.0286. The van der Waals surface area contributed by atoms with Crippen molar-refractivity contribution in [1.29, 1.82) is 0 Å². The average Bonchev–Trinajstić information content (AvgIpc) is 2.15. The average molecular weight is 270 g/mol. The normalized spacial score (nSPS) is 29.7. The molecular formula is C12H16BrNO. The summed E-state index contributed by atoms with van der Waals surface area (Å²) in [6.07, 6.45) is 1.93. The first kappa shape index (κ1) is 11.0. The monoisotopic (exact) mass is 269 g/mol. The predicted molar refractivity (Wildman–Crippen MR) is 66.1 cm³/mol. The molecule has 2 nitrogen and oxygen atoms in total. The van der Waals surface area contributed by atoms with Crippen molar-refractivity contribution in [1.82, 2.24) is 0 Å². The molecule has 0 heterocycles. The van der Waals surface area contributed by atoms with Crippen LogP contribution in [0.2, 0.25) is 0 Å². The first-order valence-electron chi connectivity index (χ1n) is 5.24. The van der Waals surface area contributed by atoms with Crippen LogP contribution in [0.1, 0.15) is 25.3 Å². The maximum absolute atomic E-state index is 9.91. The summed E-state index contributed by atoms with van der Waals surface area (Å²) in [5.74, 6) is 0. The van der Waals surface area contributed by atoms with E-state index in [0.29, 0.717) is 0 Å². The van der Waals surface area contributed by atoms with Gasteiger partial charge in [0.05, 0.1) is 11.6 Å². The molecular weight excluding hydrogens is 254 g/mol. The standard InChI is InChI=1S/C12H16BrNO/c1-8-7-9(13)3-4-10(8)14-11-5-6-12(11,2)15/h3-4,7,11,14-15H,5-6H2,1-2H3/t11-,12-/m0/s1. The van der Waals surface area contributed by atoms with Crippen molar-refractivity contribution in [3.05, 3.63) is 28.2 Å². The second kappa shape index (κ2) is 3.80. The van der Waals surface area contributed by atoms with Crippen LogP contribution < -0.4 is 5.32 Å². The van der Waals surface area contributed by atoms with Crippen molar-refractivity contribution >= 4 is 21.6 Å². The molecule has 15 heavy (non-hydrogen) atoms. The van der Waals surface area contributed by atoms with Gasteiger partial charge in [0.25, 0.3) is 0 Å². The van der Waals surface area contributed by atoms with E-state index in [4.69, 9.17) is 0 Å². The van der Waals surface area contributed by atoms with Gasteiger partial charge in [-0.25, -0.2) is 0 Å². The van der Waals surface area contributed by atoms with Crippen molar-refractivity contribution < 1.29 is 5.11 Å². The number of benzene rings is 1. The van der Waals surface area contributed by atoms with Crippen molar-refractivity contribution in [2.24, 2.45) is 0 Å². The first-order chi connectivity index (χ1) is 6.99. The van der Waals surface area contributed by atoms with Crippen LogP contribution in [-0.2, 0) is 0 Å². The van der Waals surface area contributed by atoms with Gasteiger partial charge in [-0.15, -0.1) is 0 Å². The number of aryl methyl sites for hydroxylation is 1. The minimum atomic E-state index is -0.542. The van der Waals surface area contributed by atoms with Gasteiger partial charge in [-0.3, -0.25) is 0 Å². The van der Waals surface area contributed by atoms with Crippen LogP contribution in [0.5, 0.6) is 0 Å². The summed E-state index contributed by atoms with van der Waals surface area (Å²) in [7, 11) is 0. The fraction of sp³-hybridized carbons (Fsp3) is 0.500. The second-order valence-electron chi connectivity index (χ2n) is 4.55. The van der Waals surface area contributed by atoms with Crippen molar-refractivity contribution in [2.75, 3.05) is 5.32 Å². The largest absolute Gasteiger partial charge is 0.388 e. The van der Waals surface area contributed by atoms with Gasteiger partial charge in [0, 0.05) is 10.2 Å². The predicted octanol–water partition coefficient (Wildman–Crippen LogP) is 3.08. The van der Waals surface area contributed by atoms with E-state index in [9.17, 15) is 5.11 Å². The van der Waals surface area contributed by atoms with Gasteiger partial charge >= 0.3 is 0 Å². The lowest BCUT2D eigenvalue weighted by atomic mass is 9.76. The molecule has 0 aromatic heterocycles. The quantitative estimate of drug-likeness (QED) is 0.865. The van der Waals surface area contributed by atoms with E-state index in [-0.39, 0.29) is 6.04 Å². The highest BCUT2D eigenvalue weighted by molar-refractivity contribution is 9.10. The number of rotatable bonds is 2. The molecule has 1 aliphatic carbocycles. The summed E-state index contributed by atoms with van der Waals surface area (Å²) < 4.78 is 1.09. The number of halogens is 1. The molecule has 3 heteroatoms. The Kier molecular flexibility index (Phi) is 2.77. The van der Waals surface area contributed by atoms with Gasteiger partial charge in [0.2, 0.25) is 0 Å². The number of nitrogens with one attached hydrogen (secondary N) is 1. The summed E-state index contributed by atoms with van der Waals surface area (Å²) in [6, 6.07) is 6.34. The van der Waals surface area contributed by atoms with Crippen LogP contribution in [0.4, 0.5) is 5.69 Å². The Morgan fingerprint density at radius 1 is 1.53 bits per heavy atom. The highest BCUT2D eigenvalue weighted by Gasteiger charge is 2.40. The summed E-state index contributed by atoms with van der Waals surface area (Å²) in [4.78, 5) is 0. The van der Waals surface area contributed by atoms with E-state index in [1.807, 2.05) is 19.1 Å². The number of hydrogen-bond donors (Lipinski definition) is 2. The Balaban J connectivity index is 2.11. The van der Waals surface area contributed by atoms with Gasteiger partial charge in [0.1, 0.15) is 0 Å². The Labute approximate surface area is 98.8 Å². The summed E-state index contributed by atoms with van der Waals surface area (Å²) >= 11 is 3.44. The third kappa shape index (κ3) is 2.18. The molecule has 0 radical (unpaired) electrons. The van der Waals surface area contributed by atoms with Crippen LogP contribution in [0.25, 0.3) is 0 Å². The maximum atomic E-state index is 9.91. The number of anilines is 1. The molecule has 0 bridgehead atoms. The van der Waals surface area contributed by atoms with Gasteiger partial charge in [-0.1, -0.05) is 15.9 Å². The van der Waals surface area contributed by atoms with Gasteiger partial charge in [0.15, 0.2) is 0 Å². The lowest BCUT2D eigenvalue weighted by Crippen LogP contribution is -2.53. The molecule has 0 spiro atoms. The molecule has 1 saturated carbocycles. The number of aliphatic hydroxyl groups is 1. The highest BCUT2D eigenvalue weighted by Crippen LogP contribution is 2.35. The van der Waals surface area contributed by atoms with E-state index >= 15 is 0 Å². The van der Waals surface area contributed by atoms with Crippen LogP contribution >= 0.6 is 15.9 Å². The highest BCUT2D eigenvalue weighted by atomic mass is 79.9. The Bertz CT molecular complexity index is 376. The fourth-order valence-electron chi connectivity index (χ4n) is 1.91. The first-order valence-corrected chi connectivity index (χ1v) is 6.03. The van der Waals surface area contributed by atoms with E-state index in [1.165, 1.54) is 5.56 Å². The molecule has 1 aromatic rings. The van der Waals surface area contributed by atoms with Gasteiger partial charge < -0.3 is 10.4 Å². The molecule has 0 saturated heterocycles. The van der Waals surface area contributed by atoms with E-state index in [2.05, 4.69) is 34.2 Å². The third-order valence-electron chi connectivity index (χ3n) is 3.21. The zero-order valence-corrected chi connectivity index (χ0v) is 10.6. The topological polar surface area (TPSA) is 32.3 Å². The van der Waals surface area contributed by atoms with E-state index in [1.54, 1.807) is 0 Å². The second-order valence-corrected chi connectivity index (χ2v) is 5.47. The molecule has 0 amide bonds. The molecule has 2 N–H and O–H groups in total. The maximum Gasteiger partial charge on any atom is 0.0820 e. The van der Waals surface area contributed by atoms with E-state index < -0.39 is 5.60 Å². The minimum absolute atomic E-state index is 0.192. The molecule has 1 aliphatic rings. The van der Waals surface area contributed by atoms with Crippen LogP contribution in [0.15, 0.2) is 22.7 Å². The Hall–Kier alpha value is -0.540. The Morgan fingerprint density at radius 2 is 2.27 bits per heavy atom. The lowest BCUT2D eigenvalue weighted by Gasteiger charge is -2.43. The van der Waals surface area contributed by atoms with E-state index in [0.717, 1.165) is 23.0 Å². The molecule has 1 fully saturated rings. The minimum Gasteiger partial charge on any atom is -0.388 e. The van der Waals surface area contributed by atoms with Crippen LogP contribution in [0.3, 0.4) is 0 Å². The fourth-order valence-corrected chi connectivity index (χ4v) is 2.39. The zero-order valence-electron chi connectivity index (χ0n) is 9.05. The SMILES string of the molecule is Cc1cc(Br)ccc1N[C@H]1CC[C@]1(C)O. The third-order valence-corrected chi connectivity index (χ3v) is 3.70. The van der Waals surface area contributed by atoms with Crippen LogP contribution in [0, 0.1) is 6.92 Å². The van der Waals surface area contributed by atoms with Gasteiger partial charge in [-0.05, 0) is 50.5 Å². The van der Waals surface area contributed by atoms with Crippen molar-refractivity contribution in [2.45, 2.75) is 38.3 Å². The summed E-state index contributed by atoms with van der Waals surface area (Å²) in [6.45, 7) is 3.96.